The largest absolute Gasteiger partial charge is 0.480 e. The van der Waals surface area contributed by atoms with Crippen molar-refractivity contribution in [2.45, 2.75) is 38.1 Å². The smallest absolute Gasteiger partial charge is 0.326 e. The van der Waals surface area contributed by atoms with Crippen molar-refractivity contribution >= 4 is 12.0 Å². The first-order valence-corrected chi connectivity index (χ1v) is 6.71. The molecule has 1 atom stereocenters. The maximum Gasteiger partial charge on any atom is 0.326 e. The van der Waals surface area contributed by atoms with Crippen molar-refractivity contribution < 1.29 is 19.2 Å². The standard InChI is InChI=1S/C12H18N4O4/c17-11(18)9-4-2-1-3-7-16(9)12(19)13-6-5-10-14-8-20-15-10/h8-9H,1-7H2,(H,13,19)(H,17,18). The van der Waals surface area contributed by atoms with E-state index in [0.717, 1.165) is 19.3 Å². The summed E-state index contributed by atoms with van der Waals surface area (Å²) in [5, 5.41) is 15.5. The number of amides is 2. The number of hydrogen-bond donors (Lipinski definition) is 2. The summed E-state index contributed by atoms with van der Waals surface area (Å²) in [7, 11) is 0. The van der Waals surface area contributed by atoms with E-state index in [1.54, 1.807) is 0 Å². The van der Waals surface area contributed by atoms with Gasteiger partial charge in [-0.3, -0.25) is 0 Å². The number of carbonyl (C=O) groups excluding carboxylic acids is 1. The average Bonchev–Trinajstić information content (AvgIpc) is 2.80. The number of carbonyl (C=O) groups is 2. The van der Waals surface area contributed by atoms with Crippen molar-refractivity contribution in [2.75, 3.05) is 13.1 Å². The zero-order chi connectivity index (χ0) is 14.4. The maximum absolute atomic E-state index is 12.1. The molecule has 1 fully saturated rings. The number of urea groups is 1. The predicted octanol–water partition coefficient (Wildman–Crippen LogP) is 0.651. The minimum atomic E-state index is -0.944. The van der Waals surface area contributed by atoms with E-state index >= 15 is 0 Å². The van der Waals surface area contributed by atoms with E-state index < -0.39 is 12.0 Å². The third-order valence-electron chi connectivity index (χ3n) is 3.33. The molecule has 0 aromatic carbocycles. The number of likely N-dealkylation sites (tertiary alicyclic amines) is 1. The minimum Gasteiger partial charge on any atom is -0.480 e. The quantitative estimate of drug-likeness (QED) is 0.839. The molecule has 1 saturated heterocycles. The van der Waals surface area contributed by atoms with Crippen molar-refractivity contribution in [3.63, 3.8) is 0 Å². The highest BCUT2D eigenvalue weighted by Gasteiger charge is 2.30. The van der Waals surface area contributed by atoms with Gasteiger partial charge in [0.1, 0.15) is 6.04 Å². The van der Waals surface area contributed by atoms with Gasteiger partial charge >= 0.3 is 12.0 Å². The molecular formula is C12H18N4O4. The highest BCUT2D eigenvalue weighted by Crippen LogP contribution is 2.17. The fourth-order valence-electron chi connectivity index (χ4n) is 2.29. The molecule has 0 saturated carbocycles. The number of nitrogens with one attached hydrogen (secondary N) is 1. The minimum absolute atomic E-state index is 0.345. The molecule has 0 spiro atoms. The van der Waals surface area contributed by atoms with Gasteiger partial charge in [0, 0.05) is 19.5 Å². The van der Waals surface area contributed by atoms with Crippen molar-refractivity contribution in [3.8, 4) is 0 Å². The summed E-state index contributed by atoms with van der Waals surface area (Å²) in [6.07, 6.45) is 4.82. The Kier molecular flexibility index (Phi) is 4.91. The number of nitrogens with zero attached hydrogens (tertiary/aromatic N) is 3. The zero-order valence-corrected chi connectivity index (χ0v) is 11.1. The van der Waals surface area contributed by atoms with Gasteiger partial charge in [0.05, 0.1) is 0 Å². The molecule has 1 aromatic rings. The lowest BCUT2D eigenvalue weighted by atomic mass is 10.1. The zero-order valence-electron chi connectivity index (χ0n) is 11.1. The summed E-state index contributed by atoms with van der Waals surface area (Å²) in [6, 6.07) is -1.08. The van der Waals surface area contributed by atoms with Crippen molar-refractivity contribution in [3.05, 3.63) is 12.2 Å². The van der Waals surface area contributed by atoms with E-state index in [1.165, 1.54) is 11.3 Å². The Hall–Kier alpha value is -2.12. The van der Waals surface area contributed by atoms with Gasteiger partial charge in [-0.15, -0.1) is 0 Å². The molecule has 0 aliphatic carbocycles. The molecule has 1 aliphatic heterocycles. The summed E-state index contributed by atoms with van der Waals surface area (Å²) in [5.74, 6) is -0.434. The van der Waals surface area contributed by atoms with Crippen LogP contribution < -0.4 is 5.32 Å². The van der Waals surface area contributed by atoms with Crippen LogP contribution in [0.25, 0.3) is 0 Å². The molecule has 2 heterocycles. The molecule has 2 rings (SSSR count). The lowest BCUT2D eigenvalue weighted by Gasteiger charge is -2.26. The topological polar surface area (TPSA) is 109 Å². The van der Waals surface area contributed by atoms with E-state index in [0.29, 0.717) is 31.8 Å². The van der Waals surface area contributed by atoms with Crippen LogP contribution in [0.1, 0.15) is 31.5 Å². The van der Waals surface area contributed by atoms with Gasteiger partial charge in [-0.2, -0.15) is 4.98 Å². The maximum atomic E-state index is 12.1. The molecule has 2 N–H and O–H groups in total. The first-order valence-electron chi connectivity index (χ1n) is 6.71. The van der Waals surface area contributed by atoms with Crippen molar-refractivity contribution in [2.24, 2.45) is 0 Å². The number of carboxylic acid groups (broad SMARTS) is 1. The van der Waals surface area contributed by atoms with E-state index in [1.807, 2.05) is 0 Å². The molecular weight excluding hydrogens is 264 g/mol. The molecule has 110 valence electrons. The van der Waals surface area contributed by atoms with Gasteiger partial charge in [-0.25, -0.2) is 9.59 Å². The Morgan fingerprint density at radius 2 is 2.30 bits per heavy atom. The van der Waals surface area contributed by atoms with Crippen LogP contribution in [0.3, 0.4) is 0 Å². The van der Waals surface area contributed by atoms with Crippen molar-refractivity contribution in [1.82, 2.24) is 20.4 Å². The number of rotatable bonds is 4. The van der Waals surface area contributed by atoms with Gasteiger partial charge in [0.2, 0.25) is 6.39 Å². The van der Waals surface area contributed by atoms with Gasteiger partial charge in [0.25, 0.3) is 0 Å². The number of hydrogen-bond acceptors (Lipinski definition) is 5. The van der Waals surface area contributed by atoms with Crippen molar-refractivity contribution in [1.29, 1.82) is 0 Å². The van der Waals surface area contributed by atoms with E-state index in [2.05, 4.69) is 20.0 Å². The highest BCUT2D eigenvalue weighted by atomic mass is 16.5. The molecule has 1 aromatic heterocycles. The monoisotopic (exact) mass is 282 g/mol. The molecule has 2 amide bonds. The van der Waals surface area contributed by atoms with E-state index in [9.17, 15) is 14.7 Å². The van der Waals surface area contributed by atoms with Crippen LogP contribution in [0.4, 0.5) is 4.79 Å². The van der Waals surface area contributed by atoms with Gasteiger partial charge < -0.3 is 19.8 Å². The Balaban J connectivity index is 1.86. The summed E-state index contributed by atoms with van der Waals surface area (Å²) in [4.78, 5) is 28.6. The fourth-order valence-corrected chi connectivity index (χ4v) is 2.29. The molecule has 0 radical (unpaired) electrons. The SMILES string of the molecule is O=C(O)C1CCCCCN1C(=O)NCCc1ncon1. The predicted molar refractivity (Wildman–Crippen MR) is 68.0 cm³/mol. The Bertz CT molecular complexity index is 448. The third kappa shape index (κ3) is 3.69. The molecule has 1 unspecified atom stereocenters. The van der Waals surface area contributed by atoms with Crippen LogP contribution in [0.15, 0.2) is 10.9 Å². The lowest BCUT2D eigenvalue weighted by Crippen LogP contribution is -2.49. The average molecular weight is 282 g/mol. The Labute approximate surface area is 116 Å². The van der Waals surface area contributed by atoms with E-state index in [4.69, 9.17) is 0 Å². The molecule has 1 aliphatic rings. The molecule has 0 bridgehead atoms. The summed E-state index contributed by atoms with van der Waals surface area (Å²) < 4.78 is 4.59. The van der Waals surface area contributed by atoms with Crippen LogP contribution in [0, 0.1) is 0 Å². The molecule has 20 heavy (non-hydrogen) atoms. The van der Waals surface area contributed by atoms with Crippen LogP contribution in [-0.2, 0) is 11.2 Å². The van der Waals surface area contributed by atoms with Crippen LogP contribution in [0.5, 0.6) is 0 Å². The fraction of sp³-hybridized carbons (Fsp3) is 0.667. The highest BCUT2D eigenvalue weighted by molar-refractivity contribution is 5.82. The molecule has 8 nitrogen and oxygen atoms in total. The lowest BCUT2D eigenvalue weighted by molar-refractivity contribution is -0.142. The third-order valence-corrected chi connectivity index (χ3v) is 3.33. The number of carboxylic acids is 1. The van der Waals surface area contributed by atoms with Crippen LogP contribution in [0.2, 0.25) is 0 Å². The van der Waals surface area contributed by atoms with Gasteiger partial charge in [-0.1, -0.05) is 18.0 Å². The molecule has 8 heteroatoms. The second kappa shape index (κ2) is 6.88. The van der Waals surface area contributed by atoms with Crippen LogP contribution >= 0.6 is 0 Å². The Morgan fingerprint density at radius 1 is 1.45 bits per heavy atom. The number of aliphatic carboxylic acids is 1. The summed E-state index contributed by atoms with van der Waals surface area (Å²) >= 11 is 0. The summed E-state index contributed by atoms with van der Waals surface area (Å²) in [5.41, 5.74) is 0. The first-order chi connectivity index (χ1) is 9.68. The Morgan fingerprint density at radius 3 is 3.00 bits per heavy atom. The normalized spacial score (nSPS) is 19.4. The van der Waals surface area contributed by atoms with Gasteiger partial charge in [-0.05, 0) is 12.8 Å². The summed E-state index contributed by atoms with van der Waals surface area (Å²) in [6.45, 7) is 0.826. The van der Waals surface area contributed by atoms with Crippen LogP contribution in [-0.4, -0.2) is 51.3 Å². The number of aromatic nitrogens is 2. The van der Waals surface area contributed by atoms with E-state index in [-0.39, 0.29) is 6.03 Å². The van der Waals surface area contributed by atoms with Gasteiger partial charge in [0.15, 0.2) is 5.82 Å². The first kappa shape index (κ1) is 14.3. The second-order valence-electron chi connectivity index (χ2n) is 4.73. The second-order valence-corrected chi connectivity index (χ2v) is 4.73.